The third-order valence-electron chi connectivity index (χ3n) is 4.89. The Bertz CT molecular complexity index is 943. The second-order valence-corrected chi connectivity index (χ2v) is 7.90. The minimum absolute atomic E-state index is 0.0395. The molecule has 6 nitrogen and oxygen atoms in total. The molecule has 0 bridgehead atoms. The van der Waals surface area contributed by atoms with Gasteiger partial charge in [-0.1, -0.05) is 18.2 Å². The maximum atomic E-state index is 12.7. The third kappa shape index (κ3) is 4.36. The van der Waals surface area contributed by atoms with E-state index >= 15 is 0 Å². The lowest BCUT2D eigenvalue weighted by molar-refractivity contribution is -0.125. The molecule has 1 aliphatic heterocycles. The minimum atomic E-state index is -0.0395. The predicted molar refractivity (Wildman–Crippen MR) is 111 cm³/mol. The van der Waals surface area contributed by atoms with Crippen molar-refractivity contribution in [1.29, 1.82) is 0 Å². The number of aromatic nitrogens is 3. The van der Waals surface area contributed by atoms with Crippen LogP contribution in [0.5, 0.6) is 0 Å². The molecule has 1 atom stereocenters. The first-order valence-corrected chi connectivity index (χ1v) is 10.4. The van der Waals surface area contributed by atoms with Gasteiger partial charge in [0, 0.05) is 48.7 Å². The van der Waals surface area contributed by atoms with Crippen LogP contribution in [0.4, 0.5) is 5.95 Å². The number of nitrogens with zero attached hydrogens (tertiary/aromatic N) is 4. The van der Waals surface area contributed by atoms with Crippen molar-refractivity contribution in [1.82, 2.24) is 20.3 Å². The lowest BCUT2D eigenvalue weighted by Gasteiger charge is -2.31. The van der Waals surface area contributed by atoms with Crippen molar-refractivity contribution in [2.24, 2.45) is 5.92 Å². The SMILES string of the molecule is Cc1csc(-c2cccc(CNC(=O)C3CCCN(c4ncccn4)C3)c2)n1. The van der Waals surface area contributed by atoms with E-state index in [1.807, 2.05) is 19.1 Å². The van der Waals surface area contributed by atoms with Gasteiger partial charge in [0.2, 0.25) is 11.9 Å². The minimum Gasteiger partial charge on any atom is -0.352 e. The fourth-order valence-corrected chi connectivity index (χ4v) is 4.26. The number of carbonyl (C=O) groups is 1. The summed E-state index contributed by atoms with van der Waals surface area (Å²) in [5, 5.41) is 6.16. The Morgan fingerprint density at radius 2 is 2.14 bits per heavy atom. The van der Waals surface area contributed by atoms with Crippen LogP contribution in [0.2, 0.25) is 0 Å². The van der Waals surface area contributed by atoms with Gasteiger partial charge < -0.3 is 10.2 Å². The van der Waals surface area contributed by atoms with Crippen molar-refractivity contribution in [3.63, 3.8) is 0 Å². The van der Waals surface area contributed by atoms with E-state index in [2.05, 4.69) is 42.7 Å². The Hall–Kier alpha value is -2.80. The quantitative estimate of drug-likeness (QED) is 0.719. The van der Waals surface area contributed by atoms with Gasteiger partial charge in [-0.3, -0.25) is 4.79 Å². The lowest BCUT2D eigenvalue weighted by atomic mass is 9.97. The zero-order valence-corrected chi connectivity index (χ0v) is 16.7. The first kappa shape index (κ1) is 18.6. The van der Waals surface area contributed by atoms with Crippen molar-refractivity contribution in [3.05, 3.63) is 59.4 Å². The number of anilines is 1. The topological polar surface area (TPSA) is 71.0 Å². The lowest BCUT2D eigenvalue weighted by Crippen LogP contribution is -2.43. The first-order valence-electron chi connectivity index (χ1n) is 9.50. The van der Waals surface area contributed by atoms with Crippen molar-refractivity contribution >= 4 is 23.2 Å². The Morgan fingerprint density at radius 1 is 1.29 bits per heavy atom. The highest BCUT2D eigenvalue weighted by Gasteiger charge is 2.26. The molecule has 0 radical (unpaired) electrons. The summed E-state index contributed by atoms with van der Waals surface area (Å²) in [5.74, 6) is 0.755. The molecule has 1 aliphatic rings. The molecular formula is C21H23N5OS. The summed E-state index contributed by atoms with van der Waals surface area (Å²) >= 11 is 1.64. The number of carbonyl (C=O) groups excluding carboxylic acids is 1. The van der Waals surface area contributed by atoms with Crippen LogP contribution in [0.25, 0.3) is 10.6 Å². The normalized spacial score (nSPS) is 16.8. The summed E-state index contributed by atoms with van der Waals surface area (Å²) in [6, 6.07) is 10.0. The van der Waals surface area contributed by atoms with Gasteiger partial charge in [-0.15, -0.1) is 11.3 Å². The smallest absolute Gasteiger partial charge is 0.225 e. The predicted octanol–water partition coefficient (Wildman–Crippen LogP) is 3.44. The number of hydrogen-bond donors (Lipinski definition) is 1. The highest BCUT2D eigenvalue weighted by Crippen LogP contribution is 2.24. The van der Waals surface area contributed by atoms with E-state index in [1.54, 1.807) is 29.8 Å². The van der Waals surface area contributed by atoms with Crippen LogP contribution in [0, 0.1) is 12.8 Å². The number of thiazole rings is 1. The van der Waals surface area contributed by atoms with Gasteiger partial charge in [-0.05, 0) is 37.5 Å². The molecule has 4 rings (SSSR count). The van der Waals surface area contributed by atoms with E-state index in [0.29, 0.717) is 19.0 Å². The largest absolute Gasteiger partial charge is 0.352 e. The summed E-state index contributed by atoms with van der Waals surface area (Å²) in [7, 11) is 0. The van der Waals surface area contributed by atoms with Gasteiger partial charge in [0.15, 0.2) is 0 Å². The van der Waals surface area contributed by atoms with Crippen LogP contribution in [-0.4, -0.2) is 33.9 Å². The molecule has 0 aliphatic carbocycles. The standard InChI is InChI=1S/C21H23N5OS/c1-15-14-28-20(25-15)17-6-2-5-16(11-17)12-24-19(27)18-7-3-10-26(13-18)21-22-8-4-9-23-21/h2,4-6,8-9,11,14,18H,3,7,10,12-13H2,1H3,(H,24,27). The van der Waals surface area contributed by atoms with Crippen LogP contribution >= 0.6 is 11.3 Å². The Morgan fingerprint density at radius 3 is 2.93 bits per heavy atom. The maximum Gasteiger partial charge on any atom is 0.225 e. The van der Waals surface area contributed by atoms with Crippen molar-refractivity contribution in [3.8, 4) is 10.6 Å². The average Bonchev–Trinajstić information content (AvgIpc) is 3.19. The summed E-state index contributed by atoms with van der Waals surface area (Å²) in [6.07, 6.45) is 5.34. The average molecular weight is 394 g/mol. The summed E-state index contributed by atoms with van der Waals surface area (Å²) < 4.78 is 0. The molecule has 1 saturated heterocycles. The number of rotatable bonds is 5. The van der Waals surface area contributed by atoms with Crippen LogP contribution in [-0.2, 0) is 11.3 Å². The summed E-state index contributed by atoms with van der Waals surface area (Å²) in [5.41, 5.74) is 3.20. The number of aryl methyl sites for hydroxylation is 1. The van der Waals surface area contributed by atoms with Crippen molar-refractivity contribution in [2.45, 2.75) is 26.3 Å². The van der Waals surface area contributed by atoms with Gasteiger partial charge >= 0.3 is 0 Å². The Kier molecular flexibility index (Phi) is 5.62. The van der Waals surface area contributed by atoms with Gasteiger partial charge in [0.05, 0.1) is 5.92 Å². The monoisotopic (exact) mass is 393 g/mol. The highest BCUT2D eigenvalue weighted by atomic mass is 32.1. The Balaban J connectivity index is 1.36. The maximum absolute atomic E-state index is 12.7. The highest BCUT2D eigenvalue weighted by molar-refractivity contribution is 7.13. The van der Waals surface area contributed by atoms with Crippen LogP contribution in [0.3, 0.4) is 0 Å². The van der Waals surface area contributed by atoms with E-state index in [4.69, 9.17) is 0 Å². The first-order chi connectivity index (χ1) is 13.7. The van der Waals surface area contributed by atoms with Crippen LogP contribution in [0.1, 0.15) is 24.1 Å². The number of hydrogen-bond acceptors (Lipinski definition) is 6. The van der Waals surface area contributed by atoms with Crippen LogP contribution < -0.4 is 10.2 Å². The number of piperidine rings is 1. The molecular weight excluding hydrogens is 370 g/mol. The molecule has 1 aromatic carbocycles. The Labute approximate surface area is 168 Å². The van der Waals surface area contributed by atoms with E-state index in [0.717, 1.165) is 41.2 Å². The van der Waals surface area contributed by atoms with Crippen molar-refractivity contribution in [2.75, 3.05) is 18.0 Å². The van der Waals surface area contributed by atoms with Gasteiger partial charge in [-0.25, -0.2) is 15.0 Å². The molecule has 1 amide bonds. The third-order valence-corrected chi connectivity index (χ3v) is 5.90. The second kappa shape index (κ2) is 8.48. The van der Waals surface area contributed by atoms with E-state index in [-0.39, 0.29) is 11.8 Å². The number of benzene rings is 1. The van der Waals surface area contributed by atoms with Crippen molar-refractivity contribution < 1.29 is 4.79 Å². The zero-order valence-electron chi connectivity index (χ0n) is 15.8. The van der Waals surface area contributed by atoms with E-state index < -0.39 is 0 Å². The van der Waals surface area contributed by atoms with Gasteiger partial charge in [0.1, 0.15) is 5.01 Å². The summed E-state index contributed by atoms with van der Waals surface area (Å²) in [6.45, 7) is 4.07. The molecule has 144 valence electrons. The number of nitrogens with one attached hydrogen (secondary N) is 1. The zero-order chi connectivity index (χ0) is 19.3. The van der Waals surface area contributed by atoms with Crippen LogP contribution in [0.15, 0.2) is 48.1 Å². The molecule has 0 saturated carbocycles. The molecule has 7 heteroatoms. The van der Waals surface area contributed by atoms with Gasteiger partial charge in [-0.2, -0.15) is 0 Å². The molecule has 28 heavy (non-hydrogen) atoms. The summed E-state index contributed by atoms with van der Waals surface area (Å²) in [4.78, 5) is 28.0. The molecule has 1 fully saturated rings. The molecule has 3 heterocycles. The fraction of sp³-hybridized carbons (Fsp3) is 0.333. The van der Waals surface area contributed by atoms with E-state index in [1.165, 1.54) is 0 Å². The molecule has 3 aromatic rings. The number of amides is 1. The second-order valence-electron chi connectivity index (χ2n) is 7.05. The van der Waals surface area contributed by atoms with E-state index in [9.17, 15) is 4.79 Å². The fourth-order valence-electron chi connectivity index (χ4n) is 3.46. The molecule has 0 spiro atoms. The van der Waals surface area contributed by atoms with Gasteiger partial charge in [0.25, 0.3) is 0 Å². The molecule has 1 N–H and O–H groups in total. The molecule has 1 unspecified atom stereocenters. The molecule has 2 aromatic heterocycles.